The van der Waals surface area contributed by atoms with E-state index in [0.29, 0.717) is 0 Å². The van der Waals surface area contributed by atoms with Crippen LogP contribution in [0.3, 0.4) is 0 Å². The molecule has 0 amide bonds. The molecule has 0 radical (unpaired) electrons. The van der Waals surface area contributed by atoms with Crippen LogP contribution in [0.4, 0.5) is 0 Å². The van der Waals surface area contributed by atoms with Gasteiger partial charge in [-0.3, -0.25) is 4.79 Å². The predicted octanol–water partition coefficient (Wildman–Crippen LogP) is 5.25. The zero-order valence-corrected chi connectivity index (χ0v) is 12.7. The molecule has 1 heterocycles. The van der Waals surface area contributed by atoms with Crippen LogP contribution in [0.5, 0.6) is 0 Å². The molecule has 19 heavy (non-hydrogen) atoms. The van der Waals surface area contributed by atoms with E-state index in [4.69, 9.17) is 0 Å². The lowest BCUT2D eigenvalue weighted by Crippen LogP contribution is -1.87. The van der Waals surface area contributed by atoms with Gasteiger partial charge in [0.05, 0.1) is 4.88 Å². The van der Waals surface area contributed by atoms with Crippen LogP contribution in [-0.4, -0.2) is 6.29 Å². The molecule has 0 atom stereocenters. The highest BCUT2D eigenvalue weighted by atomic mass is 32.1. The Kier molecular flexibility index (Phi) is 9.10. The van der Waals surface area contributed by atoms with Gasteiger partial charge in [0.1, 0.15) is 0 Å². The number of rotatable bonds is 9. The normalized spacial score (nSPS) is 9.95. The van der Waals surface area contributed by atoms with Crippen molar-refractivity contribution in [3.63, 3.8) is 0 Å². The summed E-state index contributed by atoms with van der Waals surface area (Å²) < 4.78 is 0. The third-order valence-electron chi connectivity index (χ3n) is 3.17. The van der Waals surface area contributed by atoms with E-state index >= 15 is 0 Å². The highest BCUT2D eigenvalue weighted by molar-refractivity contribution is 7.11. The smallest absolute Gasteiger partial charge is 0.160 e. The van der Waals surface area contributed by atoms with Crippen molar-refractivity contribution in [2.75, 3.05) is 0 Å². The summed E-state index contributed by atoms with van der Waals surface area (Å²) in [6, 6.07) is 2.06. The number of carbonyl (C=O) groups excluding carboxylic acids is 1. The molecule has 104 valence electrons. The van der Waals surface area contributed by atoms with Crippen LogP contribution >= 0.6 is 11.3 Å². The van der Waals surface area contributed by atoms with E-state index < -0.39 is 0 Å². The van der Waals surface area contributed by atoms with E-state index in [1.807, 2.05) is 5.38 Å². The maximum atomic E-state index is 10.8. The lowest BCUT2D eigenvalue weighted by atomic mass is 10.1. The lowest BCUT2D eigenvalue weighted by molar-refractivity contribution is 0.112. The standard InChI is InChI=1S/C17H24OS/c1-2-3-4-5-6-7-8-9-10-11-12-16-13-14-19-17(16)15-18/h13-15H,2-6,9-12H2,1H3. The van der Waals surface area contributed by atoms with Gasteiger partial charge >= 0.3 is 0 Å². The van der Waals surface area contributed by atoms with E-state index in [2.05, 4.69) is 24.8 Å². The molecule has 2 heteroatoms. The first-order valence-corrected chi connectivity index (χ1v) is 8.23. The van der Waals surface area contributed by atoms with Crippen LogP contribution in [0.25, 0.3) is 0 Å². The second-order valence-corrected chi connectivity index (χ2v) is 5.75. The number of aldehydes is 1. The van der Waals surface area contributed by atoms with Crippen molar-refractivity contribution >= 4 is 17.6 Å². The Morgan fingerprint density at radius 2 is 1.84 bits per heavy atom. The van der Waals surface area contributed by atoms with Crippen LogP contribution < -0.4 is 0 Å². The first-order chi connectivity index (χ1) is 9.38. The Hall–Kier alpha value is -1.07. The molecule has 0 saturated carbocycles. The summed E-state index contributed by atoms with van der Waals surface area (Å²) in [5.74, 6) is 6.51. The molecule has 1 nitrogen and oxygen atoms in total. The van der Waals surface area contributed by atoms with E-state index in [0.717, 1.165) is 43.3 Å². The fourth-order valence-electron chi connectivity index (χ4n) is 2.00. The van der Waals surface area contributed by atoms with Crippen molar-refractivity contribution in [3.05, 3.63) is 21.9 Å². The highest BCUT2D eigenvalue weighted by Gasteiger charge is 2.01. The van der Waals surface area contributed by atoms with Crippen LogP contribution in [-0.2, 0) is 6.42 Å². The van der Waals surface area contributed by atoms with Gasteiger partial charge in [-0.15, -0.1) is 23.2 Å². The van der Waals surface area contributed by atoms with Crippen molar-refractivity contribution in [3.8, 4) is 11.8 Å². The molecule has 0 unspecified atom stereocenters. The summed E-state index contributed by atoms with van der Waals surface area (Å²) >= 11 is 1.53. The summed E-state index contributed by atoms with van der Waals surface area (Å²) in [7, 11) is 0. The van der Waals surface area contributed by atoms with Gasteiger partial charge in [-0.05, 0) is 42.7 Å². The fraction of sp³-hybridized carbons (Fsp3) is 0.588. The Morgan fingerprint density at radius 1 is 1.11 bits per heavy atom. The van der Waals surface area contributed by atoms with Gasteiger partial charge in [-0.25, -0.2) is 0 Å². The number of hydrogen-bond donors (Lipinski definition) is 0. The van der Waals surface area contributed by atoms with Crippen molar-refractivity contribution in [2.24, 2.45) is 0 Å². The molecular formula is C17H24OS. The first-order valence-electron chi connectivity index (χ1n) is 7.35. The second-order valence-electron chi connectivity index (χ2n) is 4.80. The molecule has 1 aromatic rings. The van der Waals surface area contributed by atoms with E-state index in [1.165, 1.54) is 42.6 Å². The highest BCUT2D eigenvalue weighted by Crippen LogP contribution is 2.16. The van der Waals surface area contributed by atoms with E-state index in [1.54, 1.807) is 0 Å². The summed E-state index contributed by atoms with van der Waals surface area (Å²) in [5, 5.41) is 2.00. The third kappa shape index (κ3) is 7.18. The minimum atomic E-state index is 0.891. The molecule has 0 aliphatic heterocycles. The summed E-state index contributed by atoms with van der Waals surface area (Å²) in [6.07, 6.45) is 11.5. The SMILES string of the molecule is CCCCCCC#CCCCCc1ccsc1C=O. The molecule has 0 spiro atoms. The zero-order valence-electron chi connectivity index (χ0n) is 11.9. The Morgan fingerprint density at radius 3 is 2.53 bits per heavy atom. The molecule has 0 aliphatic rings. The lowest BCUT2D eigenvalue weighted by Gasteiger charge is -1.97. The second kappa shape index (κ2) is 10.8. The van der Waals surface area contributed by atoms with Crippen molar-refractivity contribution < 1.29 is 4.79 Å². The number of carbonyl (C=O) groups is 1. The Labute approximate surface area is 121 Å². The molecular weight excluding hydrogens is 252 g/mol. The number of unbranched alkanes of at least 4 members (excludes halogenated alkanes) is 6. The van der Waals surface area contributed by atoms with Crippen molar-refractivity contribution in [2.45, 2.75) is 64.7 Å². The molecule has 0 N–H and O–H groups in total. The number of aryl methyl sites for hydroxylation is 1. The van der Waals surface area contributed by atoms with Crippen molar-refractivity contribution in [1.29, 1.82) is 0 Å². The average molecular weight is 276 g/mol. The summed E-state index contributed by atoms with van der Waals surface area (Å²) in [4.78, 5) is 11.6. The first kappa shape index (κ1) is 16.0. The van der Waals surface area contributed by atoms with Crippen molar-refractivity contribution in [1.82, 2.24) is 0 Å². The van der Waals surface area contributed by atoms with Gasteiger partial charge in [0.25, 0.3) is 0 Å². The van der Waals surface area contributed by atoms with Gasteiger partial charge in [-0.1, -0.05) is 26.2 Å². The summed E-state index contributed by atoms with van der Waals surface area (Å²) in [5.41, 5.74) is 1.20. The minimum Gasteiger partial charge on any atom is -0.297 e. The molecule has 1 aromatic heterocycles. The van der Waals surface area contributed by atoms with Crippen LogP contribution in [0, 0.1) is 11.8 Å². The topological polar surface area (TPSA) is 17.1 Å². The zero-order chi connectivity index (χ0) is 13.8. The summed E-state index contributed by atoms with van der Waals surface area (Å²) in [6.45, 7) is 2.23. The molecule has 1 rings (SSSR count). The quantitative estimate of drug-likeness (QED) is 0.342. The molecule has 0 fully saturated rings. The molecule has 0 aromatic carbocycles. The number of thiophene rings is 1. The van der Waals surface area contributed by atoms with E-state index in [9.17, 15) is 4.79 Å². The molecule has 0 aliphatic carbocycles. The average Bonchev–Trinajstić information content (AvgIpc) is 2.88. The maximum Gasteiger partial charge on any atom is 0.160 e. The van der Waals surface area contributed by atoms with Crippen LogP contribution in [0.2, 0.25) is 0 Å². The minimum absolute atomic E-state index is 0.891. The van der Waals surface area contributed by atoms with Gasteiger partial charge in [0, 0.05) is 12.8 Å². The fourth-order valence-corrected chi connectivity index (χ4v) is 2.76. The van der Waals surface area contributed by atoms with Gasteiger partial charge in [0.2, 0.25) is 0 Å². The van der Waals surface area contributed by atoms with Gasteiger partial charge in [0.15, 0.2) is 6.29 Å². The van der Waals surface area contributed by atoms with E-state index in [-0.39, 0.29) is 0 Å². The molecule has 0 saturated heterocycles. The Bertz CT molecular complexity index is 408. The van der Waals surface area contributed by atoms with Gasteiger partial charge < -0.3 is 0 Å². The Balaban J connectivity index is 2.02. The molecule has 0 bridgehead atoms. The number of hydrogen-bond acceptors (Lipinski definition) is 2. The monoisotopic (exact) mass is 276 g/mol. The largest absolute Gasteiger partial charge is 0.297 e. The third-order valence-corrected chi connectivity index (χ3v) is 4.05. The van der Waals surface area contributed by atoms with Crippen LogP contribution in [0.15, 0.2) is 11.4 Å². The van der Waals surface area contributed by atoms with Gasteiger partial charge in [-0.2, -0.15) is 0 Å². The van der Waals surface area contributed by atoms with Crippen LogP contribution in [0.1, 0.15) is 73.5 Å². The predicted molar refractivity (Wildman–Crippen MR) is 83.8 cm³/mol. The maximum absolute atomic E-state index is 10.8.